The molecule has 0 bridgehead atoms. The number of hydrogen-bond acceptors (Lipinski definition) is 5. The van der Waals surface area contributed by atoms with Crippen LogP contribution in [0.4, 0.5) is 0 Å². The number of rotatable bonds is 3. The van der Waals surface area contributed by atoms with Gasteiger partial charge in [0.2, 0.25) is 0 Å². The fraction of sp³-hybridized carbons (Fsp3) is 0.417. The lowest BCUT2D eigenvalue weighted by atomic mass is 9.85. The molecule has 1 aliphatic rings. The van der Waals surface area contributed by atoms with Crippen LogP contribution in [0.5, 0.6) is 0 Å². The molecule has 0 amide bonds. The third kappa shape index (κ3) is 1.93. The van der Waals surface area contributed by atoms with E-state index in [9.17, 15) is 0 Å². The molecule has 3 rings (SSSR count). The molecular weight excluding hydrogens is 216 g/mol. The molecule has 5 nitrogen and oxygen atoms in total. The summed E-state index contributed by atoms with van der Waals surface area (Å²) in [5, 5.41) is 4.01. The molecule has 0 aromatic carbocycles. The van der Waals surface area contributed by atoms with Crippen molar-refractivity contribution in [2.24, 2.45) is 5.73 Å². The molecule has 1 aliphatic carbocycles. The molecule has 88 valence electrons. The summed E-state index contributed by atoms with van der Waals surface area (Å²) in [6.45, 7) is 0.491. The van der Waals surface area contributed by atoms with Gasteiger partial charge >= 0.3 is 0 Å². The van der Waals surface area contributed by atoms with Crippen LogP contribution in [0.15, 0.2) is 22.9 Å². The van der Waals surface area contributed by atoms with E-state index < -0.39 is 0 Å². The summed E-state index contributed by atoms with van der Waals surface area (Å²) in [5.74, 6) is 1.79. The molecule has 17 heavy (non-hydrogen) atoms. The molecule has 0 spiro atoms. The van der Waals surface area contributed by atoms with Gasteiger partial charge in [-0.05, 0) is 24.5 Å². The van der Waals surface area contributed by atoms with Gasteiger partial charge in [-0.2, -0.15) is 4.98 Å². The normalized spacial score (nSPS) is 15.8. The monoisotopic (exact) mass is 230 g/mol. The van der Waals surface area contributed by atoms with E-state index in [-0.39, 0.29) is 0 Å². The van der Waals surface area contributed by atoms with Crippen LogP contribution in [-0.4, -0.2) is 15.1 Å². The summed E-state index contributed by atoms with van der Waals surface area (Å²) >= 11 is 0. The van der Waals surface area contributed by atoms with Crippen LogP contribution in [0.2, 0.25) is 0 Å². The fourth-order valence-corrected chi connectivity index (χ4v) is 1.84. The summed E-state index contributed by atoms with van der Waals surface area (Å²) in [5.41, 5.74) is 7.22. The quantitative estimate of drug-likeness (QED) is 0.870. The molecule has 2 aromatic rings. The molecule has 0 aliphatic heterocycles. The molecular formula is C12H14N4O. The van der Waals surface area contributed by atoms with Gasteiger partial charge < -0.3 is 10.3 Å². The molecule has 2 N–H and O–H groups in total. The molecule has 1 fully saturated rings. The van der Waals surface area contributed by atoms with Gasteiger partial charge in [-0.1, -0.05) is 17.6 Å². The maximum Gasteiger partial charge on any atom is 0.276 e. The predicted molar refractivity (Wildman–Crippen MR) is 62.0 cm³/mol. The maximum atomic E-state index is 5.52. The van der Waals surface area contributed by atoms with Gasteiger partial charge in [-0.15, -0.1) is 0 Å². The van der Waals surface area contributed by atoms with Crippen LogP contribution >= 0.6 is 0 Å². The van der Waals surface area contributed by atoms with E-state index in [4.69, 9.17) is 10.3 Å². The minimum atomic E-state index is 0.482. The number of pyridine rings is 1. The topological polar surface area (TPSA) is 77.8 Å². The van der Waals surface area contributed by atoms with Gasteiger partial charge in [0.1, 0.15) is 5.69 Å². The molecule has 2 aromatic heterocycles. The van der Waals surface area contributed by atoms with Crippen molar-refractivity contribution in [2.45, 2.75) is 31.7 Å². The average molecular weight is 230 g/mol. The molecule has 1 saturated carbocycles. The molecule has 5 heteroatoms. The molecule has 0 saturated heterocycles. The van der Waals surface area contributed by atoms with E-state index in [1.165, 1.54) is 19.3 Å². The predicted octanol–water partition coefficient (Wildman–Crippen LogP) is 1.86. The van der Waals surface area contributed by atoms with E-state index in [0.717, 1.165) is 11.4 Å². The lowest BCUT2D eigenvalue weighted by molar-refractivity contribution is 0.366. The Morgan fingerprint density at radius 2 is 2.24 bits per heavy atom. The minimum Gasteiger partial charge on any atom is -0.332 e. The van der Waals surface area contributed by atoms with Crippen molar-refractivity contribution in [3.05, 3.63) is 29.7 Å². The van der Waals surface area contributed by atoms with Gasteiger partial charge in [0.15, 0.2) is 5.82 Å². The Labute approximate surface area is 99.1 Å². The van der Waals surface area contributed by atoms with Crippen LogP contribution in [-0.2, 0) is 6.54 Å². The van der Waals surface area contributed by atoms with Crippen molar-refractivity contribution in [3.63, 3.8) is 0 Å². The highest BCUT2D eigenvalue weighted by atomic mass is 16.5. The second-order valence-corrected chi connectivity index (χ2v) is 4.34. The first kappa shape index (κ1) is 10.4. The van der Waals surface area contributed by atoms with Crippen molar-refractivity contribution >= 4 is 0 Å². The molecule has 0 unspecified atom stereocenters. The van der Waals surface area contributed by atoms with Gasteiger partial charge in [0, 0.05) is 18.7 Å². The van der Waals surface area contributed by atoms with E-state index in [1.54, 1.807) is 6.20 Å². The van der Waals surface area contributed by atoms with Crippen molar-refractivity contribution in [2.75, 3.05) is 0 Å². The second kappa shape index (κ2) is 4.25. The summed E-state index contributed by atoms with van der Waals surface area (Å²) in [7, 11) is 0. The van der Waals surface area contributed by atoms with E-state index in [2.05, 4.69) is 15.1 Å². The smallest absolute Gasteiger partial charge is 0.276 e. The zero-order valence-corrected chi connectivity index (χ0v) is 9.47. The summed E-state index contributed by atoms with van der Waals surface area (Å²) < 4.78 is 5.23. The summed E-state index contributed by atoms with van der Waals surface area (Å²) in [4.78, 5) is 8.65. The highest BCUT2D eigenvalue weighted by Crippen LogP contribution is 2.35. The van der Waals surface area contributed by atoms with Crippen LogP contribution in [0, 0.1) is 0 Å². The highest BCUT2D eigenvalue weighted by Gasteiger charge is 2.25. The first-order valence-electron chi connectivity index (χ1n) is 5.86. The average Bonchev–Trinajstić information content (AvgIpc) is 2.76. The Kier molecular flexibility index (Phi) is 2.60. The first-order valence-corrected chi connectivity index (χ1v) is 5.86. The number of aromatic nitrogens is 3. The Morgan fingerprint density at radius 1 is 1.35 bits per heavy atom. The van der Waals surface area contributed by atoms with Crippen molar-refractivity contribution in [1.29, 1.82) is 0 Å². The molecule has 0 atom stereocenters. The minimum absolute atomic E-state index is 0.482. The maximum absolute atomic E-state index is 5.52. The van der Waals surface area contributed by atoms with Crippen LogP contribution in [0.1, 0.15) is 36.6 Å². The van der Waals surface area contributed by atoms with Crippen LogP contribution in [0.25, 0.3) is 11.6 Å². The summed E-state index contributed by atoms with van der Waals surface area (Å²) in [6.07, 6.45) is 5.33. The van der Waals surface area contributed by atoms with Gasteiger partial charge in [0.05, 0.1) is 0 Å². The van der Waals surface area contributed by atoms with E-state index >= 15 is 0 Å². The third-order valence-electron chi connectivity index (χ3n) is 3.19. The van der Waals surface area contributed by atoms with Crippen molar-refractivity contribution in [3.8, 4) is 11.6 Å². The highest BCUT2D eigenvalue weighted by molar-refractivity contribution is 5.46. The van der Waals surface area contributed by atoms with Crippen molar-refractivity contribution < 1.29 is 4.52 Å². The van der Waals surface area contributed by atoms with Gasteiger partial charge in [0.25, 0.3) is 5.89 Å². The zero-order chi connectivity index (χ0) is 11.7. The van der Waals surface area contributed by atoms with Crippen LogP contribution < -0.4 is 5.73 Å². The number of nitrogens with zero attached hydrogens (tertiary/aromatic N) is 3. The largest absolute Gasteiger partial charge is 0.332 e. The molecule has 2 heterocycles. The second-order valence-electron chi connectivity index (χ2n) is 4.34. The molecule has 0 radical (unpaired) electrons. The van der Waals surface area contributed by atoms with E-state index in [1.807, 2.05) is 12.1 Å². The van der Waals surface area contributed by atoms with Crippen molar-refractivity contribution in [1.82, 2.24) is 15.1 Å². The standard InChI is InChI=1S/C12H14N4O/c13-6-8-4-5-10(14-7-8)12-15-11(16-17-12)9-2-1-3-9/h4-5,7,9H,1-3,6,13H2. The summed E-state index contributed by atoms with van der Waals surface area (Å²) in [6, 6.07) is 3.79. The SMILES string of the molecule is NCc1ccc(-c2nc(C3CCC3)no2)nc1. The Balaban J connectivity index is 1.84. The lowest BCUT2D eigenvalue weighted by Crippen LogP contribution is -2.10. The number of nitrogens with two attached hydrogens (primary N) is 1. The van der Waals surface area contributed by atoms with Gasteiger partial charge in [-0.25, -0.2) is 0 Å². The first-order chi connectivity index (χ1) is 8.36. The fourth-order valence-electron chi connectivity index (χ4n) is 1.84. The van der Waals surface area contributed by atoms with Crippen LogP contribution in [0.3, 0.4) is 0 Å². The Bertz CT molecular complexity index is 501. The van der Waals surface area contributed by atoms with E-state index in [0.29, 0.717) is 24.0 Å². The number of hydrogen-bond donors (Lipinski definition) is 1. The lowest BCUT2D eigenvalue weighted by Gasteiger charge is -2.20. The zero-order valence-electron chi connectivity index (χ0n) is 9.47. The Morgan fingerprint density at radius 3 is 2.82 bits per heavy atom. The Hall–Kier alpha value is -1.75. The van der Waals surface area contributed by atoms with Gasteiger partial charge in [-0.3, -0.25) is 4.98 Å². The third-order valence-corrected chi connectivity index (χ3v) is 3.19.